The maximum atomic E-state index is 11.5. The van der Waals surface area contributed by atoms with Crippen LogP contribution < -0.4 is 5.48 Å². The van der Waals surface area contributed by atoms with E-state index >= 15 is 0 Å². The monoisotopic (exact) mass is 1560 g/mol. The first-order valence-electron chi connectivity index (χ1n) is 32.6. The zero-order chi connectivity index (χ0) is 76.7. The van der Waals surface area contributed by atoms with E-state index in [1.54, 1.807) is 86.4 Å². The van der Waals surface area contributed by atoms with E-state index < -0.39 is 48.4 Å². The molecule has 0 saturated heterocycles. The quantitative estimate of drug-likeness (QED) is 0.0103. The zero-order valence-corrected chi connectivity index (χ0v) is 66.3. The van der Waals surface area contributed by atoms with Crippen molar-refractivity contribution in [3.8, 4) is 0 Å². The summed E-state index contributed by atoms with van der Waals surface area (Å²) in [6, 6.07) is 0. The van der Waals surface area contributed by atoms with E-state index in [1.807, 2.05) is 79.0 Å². The number of aliphatic hydroxyl groups is 12. The molecule has 0 aromatic rings. The van der Waals surface area contributed by atoms with Crippen LogP contribution in [0, 0.1) is 0 Å². The number of rotatable bonds is 46. The summed E-state index contributed by atoms with van der Waals surface area (Å²) in [6.45, 7) is 13.1. The minimum Gasteiger partial charge on any atom is -0.469 e. The molecule has 2 aliphatic heterocycles. The number of esters is 1. The Balaban J connectivity index is -0.000000194. The average Bonchev–Trinajstić information content (AvgIpc) is 1.76. The van der Waals surface area contributed by atoms with E-state index in [-0.39, 0.29) is 131 Å². The Morgan fingerprint density at radius 3 is 0.929 bits per heavy atom. The third kappa shape index (κ3) is 79.8. The molecule has 14 N–H and O–H groups in total. The van der Waals surface area contributed by atoms with Crippen LogP contribution in [0.5, 0.6) is 0 Å². The maximum Gasteiger partial charge on any atom is 0.308 e. The molecule has 34 heteroatoms. The van der Waals surface area contributed by atoms with Crippen molar-refractivity contribution in [2.75, 3.05) is 94.6 Å². The Hall–Kier alpha value is -1.85. The largest absolute Gasteiger partial charge is 0.469 e. The van der Waals surface area contributed by atoms with Gasteiger partial charge in [-0.05, 0) is 95.7 Å². The van der Waals surface area contributed by atoms with E-state index in [9.17, 15) is 53.4 Å². The number of methoxy groups -OCH3 is 1. The van der Waals surface area contributed by atoms with Crippen LogP contribution in [-0.4, -0.2) is 279 Å². The predicted octanol–water partition coefficient (Wildman–Crippen LogP) is 6.37. The molecular formula is C64H123N3O23S8. The molecule has 98 heavy (non-hydrogen) atoms. The van der Waals surface area contributed by atoms with Crippen molar-refractivity contribution in [1.29, 1.82) is 0 Å². The third-order valence-electron chi connectivity index (χ3n) is 12.9. The van der Waals surface area contributed by atoms with Crippen molar-refractivity contribution in [3.63, 3.8) is 0 Å². The van der Waals surface area contributed by atoms with E-state index in [0.29, 0.717) is 76.4 Å². The maximum absolute atomic E-state index is 11.5. The summed E-state index contributed by atoms with van der Waals surface area (Å²) in [4.78, 5) is 102. The van der Waals surface area contributed by atoms with Crippen LogP contribution in [0.15, 0.2) is 24.3 Å². The topological polar surface area (TPSA) is 444 Å². The minimum absolute atomic E-state index is 0.0370. The molecule has 2 aliphatic rings. The van der Waals surface area contributed by atoms with Crippen molar-refractivity contribution in [1.82, 2.24) is 15.3 Å². The van der Waals surface area contributed by atoms with Gasteiger partial charge in [0, 0.05) is 118 Å². The van der Waals surface area contributed by atoms with Crippen molar-refractivity contribution < 1.29 is 114 Å². The Morgan fingerprint density at radius 2 is 0.684 bits per heavy atom. The van der Waals surface area contributed by atoms with Gasteiger partial charge >= 0.3 is 5.97 Å². The van der Waals surface area contributed by atoms with Gasteiger partial charge in [0.2, 0.25) is 0 Å². The Labute approximate surface area is 615 Å². The number of carbonyl (C=O) groups excluding carboxylic acids is 9. The van der Waals surface area contributed by atoms with Crippen LogP contribution >= 0.6 is 86.4 Å². The third-order valence-corrected chi connectivity index (χ3v) is 20.2. The van der Waals surface area contributed by atoms with Gasteiger partial charge in [-0.1, -0.05) is 135 Å². The molecule has 2 heterocycles. The number of ketones is 4. The fourth-order valence-electron chi connectivity index (χ4n) is 6.08. The standard InChI is InChI=1S/C12H17NO4.C11H15NO5.C9H18O2S2.C8H16O3S2.C6H12O3.C5H12OS2.C5H12O.C4H11NO2.C4H10O2S2/c1-2-9(14)3-4-10(15)7-8-13-11(16)5-6-12(13)17;13-7-9(15)2-1-8(14)5-6-12-10(16)3-4-11(12)17;1-3-8(10)4-5-9(11)6-7-13-12-2;1-12-13-5-4-7(10)2-3-8(11)6-9;1-3-5(7)4-6(8)9-2;1-3-5(6)4-8-7-2;1-3-5(6)4-2;1-2-4(6)3-5-7;1-7-8-3-4(6)2-5/h5-6,9,14H,2-4,7-8H2,1H3;3-4,9,13,15H,1-2,5-7H2;8,10H,3-7H2,1-2H3;8-9,11H,2-6H2,1H3;5,7H,3-4H2,1-2H3;5-6H,3-4H2,1-2H3;5-6H,3-4H2,1-2H3;4-7H,2-3H2,1H3;4-6H,2-3H2,1H3. The van der Waals surface area contributed by atoms with Crippen molar-refractivity contribution in [2.24, 2.45) is 0 Å². The number of ether oxygens (including phenoxy) is 1. The lowest BCUT2D eigenvalue weighted by atomic mass is 10.1. The molecule has 0 spiro atoms. The number of hydrogen-bond donors (Lipinski definition) is 14. The highest BCUT2D eigenvalue weighted by atomic mass is 33.1. The van der Waals surface area contributed by atoms with Crippen LogP contribution in [-0.2, 0) is 47.9 Å². The summed E-state index contributed by atoms with van der Waals surface area (Å²) >= 11 is 0. The lowest BCUT2D eigenvalue weighted by Gasteiger charge is -2.13. The van der Waals surface area contributed by atoms with E-state index in [0.717, 1.165) is 52.7 Å². The van der Waals surface area contributed by atoms with Crippen LogP contribution in [0.25, 0.3) is 0 Å². The first-order valence-corrected chi connectivity index (χ1v) is 43.5. The Morgan fingerprint density at radius 1 is 0.398 bits per heavy atom. The molecule has 0 radical (unpaired) electrons. The molecule has 0 aromatic heterocycles. The second-order valence-electron chi connectivity index (χ2n) is 20.9. The second-order valence-corrected chi connectivity index (χ2v) is 31.5. The Kier molecular flexibility index (Phi) is 90.3. The molecule has 8 unspecified atom stereocenters. The molecule has 0 aliphatic carbocycles. The van der Waals surface area contributed by atoms with E-state index in [2.05, 4.69) is 4.74 Å². The lowest BCUT2D eigenvalue weighted by molar-refractivity contribution is -0.143. The van der Waals surface area contributed by atoms with Gasteiger partial charge < -0.3 is 71.2 Å². The highest BCUT2D eigenvalue weighted by Gasteiger charge is 2.25. The first-order chi connectivity index (χ1) is 46.4. The van der Waals surface area contributed by atoms with Crippen molar-refractivity contribution >= 4 is 139 Å². The van der Waals surface area contributed by atoms with Gasteiger partial charge in [-0.2, -0.15) is 0 Å². The van der Waals surface area contributed by atoms with Gasteiger partial charge in [-0.25, -0.2) is 5.48 Å². The molecule has 0 saturated carbocycles. The Bertz CT molecular complexity index is 1880. The molecule has 4 amide bonds. The summed E-state index contributed by atoms with van der Waals surface area (Å²) in [5.41, 5.74) is 1.87. The van der Waals surface area contributed by atoms with Gasteiger partial charge in [0.1, 0.15) is 23.1 Å². The molecular weight excluding hydrogens is 1440 g/mol. The number of Topliss-reactive ketones (excluding diaryl/α,β-unsaturated/α-hetero) is 4. The SMILES string of the molecule is CCC(O)CC.CCC(O)CC(=O)OC.CCC(O)CCC(=O)CCN1C(=O)C=CC1=O.CCC(O)CCC(=O)CCSSC.CCC(O)CNO.CCC(O)CSSC.CSSCC(O)CO.CSSCCC(=O)CCC(O)CO.O=C(CCC(O)CO)CCN1C(=O)C=CC1=O. The minimum atomic E-state index is -0.893. The molecule has 580 valence electrons. The normalized spacial score (nSPS) is 14.3. The number of hydrogen-bond acceptors (Lipinski definition) is 32. The number of amides is 4. The van der Waals surface area contributed by atoms with Crippen molar-refractivity contribution in [2.45, 2.75) is 232 Å². The number of aliphatic hydroxyl groups excluding tert-OH is 12. The molecule has 8 atom stereocenters. The van der Waals surface area contributed by atoms with Gasteiger partial charge in [-0.15, -0.1) is 0 Å². The van der Waals surface area contributed by atoms with E-state index in [1.165, 1.54) is 31.4 Å². The fourth-order valence-corrected chi connectivity index (χ4v) is 11.2. The molecule has 0 fully saturated rings. The fraction of sp³-hybridized carbons (Fsp3) is 0.797. The lowest BCUT2D eigenvalue weighted by Crippen LogP contribution is -2.32. The molecule has 0 aromatic carbocycles. The first kappa shape index (κ1) is 110. The molecule has 2 rings (SSSR count). The van der Waals surface area contributed by atoms with Gasteiger partial charge in [0.15, 0.2) is 0 Å². The predicted molar refractivity (Wildman–Crippen MR) is 405 cm³/mol. The average molecular weight is 1560 g/mol. The summed E-state index contributed by atoms with van der Waals surface area (Å²) in [6.07, 6.45) is 18.4. The van der Waals surface area contributed by atoms with Crippen molar-refractivity contribution in [3.05, 3.63) is 24.3 Å². The van der Waals surface area contributed by atoms with Gasteiger partial charge in [0.05, 0.1) is 88.3 Å². The number of imide groups is 2. The number of carbonyl (C=O) groups is 9. The van der Waals surface area contributed by atoms with Crippen LogP contribution in [0.4, 0.5) is 0 Å². The summed E-state index contributed by atoms with van der Waals surface area (Å²) in [7, 11) is 14.6. The summed E-state index contributed by atoms with van der Waals surface area (Å²) in [5.74, 6) is 1.54. The summed E-state index contributed by atoms with van der Waals surface area (Å²) < 4.78 is 4.32. The van der Waals surface area contributed by atoms with Gasteiger partial charge in [0.25, 0.3) is 23.6 Å². The smallest absolute Gasteiger partial charge is 0.308 e. The van der Waals surface area contributed by atoms with E-state index in [4.69, 9.17) is 56.3 Å². The highest BCUT2D eigenvalue weighted by Crippen LogP contribution is 2.20. The highest BCUT2D eigenvalue weighted by molar-refractivity contribution is 8.77. The second kappa shape index (κ2) is 80.8. The number of nitrogens with one attached hydrogen (secondary N) is 1. The summed E-state index contributed by atoms with van der Waals surface area (Å²) in [5, 5.41) is 114. The zero-order valence-electron chi connectivity index (χ0n) is 59.8. The van der Waals surface area contributed by atoms with Crippen LogP contribution in [0.2, 0.25) is 0 Å². The molecule has 26 nitrogen and oxygen atoms in total. The van der Waals surface area contributed by atoms with Gasteiger partial charge in [-0.3, -0.25) is 53.0 Å². The number of nitrogens with zero attached hydrogens (tertiary/aromatic N) is 2. The van der Waals surface area contributed by atoms with Crippen LogP contribution in [0.1, 0.15) is 177 Å². The van der Waals surface area contributed by atoms with Crippen LogP contribution in [0.3, 0.4) is 0 Å². The number of hydroxylamine groups is 1. The molecule has 0 bridgehead atoms.